The molecular formula is C15H12BrF4N. The minimum atomic E-state index is -4.42. The molecule has 0 heterocycles. The van der Waals surface area contributed by atoms with Crippen molar-refractivity contribution in [1.29, 1.82) is 0 Å². The summed E-state index contributed by atoms with van der Waals surface area (Å²) < 4.78 is 52.6. The van der Waals surface area contributed by atoms with Crippen molar-refractivity contribution in [2.24, 2.45) is 0 Å². The van der Waals surface area contributed by atoms with Crippen molar-refractivity contribution in [3.05, 3.63) is 63.9 Å². The quantitative estimate of drug-likeness (QED) is 0.683. The van der Waals surface area contributed by atoms with Gasteiger partial charge in [-0.2, -0.15) is 13.2 Å². The van der Waals surface area contributed by atoms with Crippen LogP contribution in [0.15, 0.2) is 46.9 Å². The normalized spacial score (nSPS) is 13.0. The number of alkyl halides is 3. The van der Waals surface area contributed by atoms with E-state index < -0.39 is 23.6 Å². The first-order chi connectivity index (χ1) is 9.79. The lowest BCUT2D eigenvalue weighted by molar-refractivity contribution is -0.138. The molecule has 21 heavy (non-hydrogen) atoms. The van der Waals surface area contributed by atoms with E-state index in [4.69, 9.17) is 0 Å². The maximum Gasteiger partial charge on any atom is 0.416 e. The van der Waals surface area contributed by atoms with Crippen LogP contribution in [0.25, 0.3) is 0 Å². The number of rotatable bonds is 3. The zero-order valence-electron chi connectivity index (χ0n) is 11.0. The number of benzene rings is 2. The molecule has 0 aliphatic rings. The number of halogens is 5. The Morgan fingerprint density at radius 3 is 2.38 bits per heavy atom. The predicted octanol–water partition coefficient (Wildman–Crippen LogP) is 5.78. The molecule has 1 nitrogen and oxygen atoms in total. The molecular weight excluding hydrogens is 350 g/mol. The zero-order valence-corrected chi connectivity index (χ0v) is 12.6. The van der Waals surface area contributed by atoms with Crippen LogP contribution in [0.2, 0.25) is 0 Å². The number of nitrogens with one attached hydrogen (secondary N) is 1. The molecule has 2 aromatic carbocycles. The lowest BCUT2D eigenvalue weighted by Gasteiger charge is -2.20. The van der Waals surface area contributed by atoms with Crippen molar-refractivity contribution < 1.29 is 17.6 Å². The molecule has 0 saturated heterocycles. The molecule has 0 fully saturated rings. The maximum absolute atomic E-state index is 13.4. The van der Waals surface area contributed by atoms with Crippen LogP contribution in [0.4, 0.5) is 23.2 Å². The Labute approximate surface area is 128 Å². The molecule has 1 atom stereocenters. The highest BCUT2D eigenvalue weighted by atomic mass is 79.9. The summed E-state index contributed by atoms with van der Waals surface area (Å²) in [6, 6.07) is 9.06. The Balaban J connectivity index is 2.28. The fourth-order valence-electron chi connectivity index (χ4n) is 2.05. The van der Waals surface area contributed by atoms with Crippen LogP contribution in [0, 0.1) is 5.82 Å². The van der Waals surface area contributed by atoms with Gasteiger partial charge in [0.1, 0.15) is 5.82 Å². The van der Waals surface area contributed by atoms with Crippen molar-refractivity contribution in [3.8, 4) is 0 Å². The summed E-state index contributed by atoms with van der Waals surface area (Å²) in [5.41, 5.74) is -0.156. The third-order valence-corrected chi connectivity index (χ3v) is 3.68. The van der Waals surface area contributed by atoms with Crippen molar-refractivity contribution in [1.82, 2.24) is 0 Å². The molecule has 0 aliphatic carbocycles. The van der Waals surface area contributed by atoms with Gasteiger partial charge in [-0.05, 0) is 52.7 Å². The lowest BCUT2D eigenvalue weighted by atomic mass is 10.0. The van der Waals surface area contributed by atoms with Gasteiger partial charge in [-0.1, -0.05) is 18.2 Å². The topological polar surface area (TPSA) is 12.0 Å². The van der Waals surface area contributed by atoms with Crippen LogP contribution in [0.1, 0.15) is 24.1 Å². The standard InChI is InChI=1S/C15H12BrF4N/c1-9(21-10-6-7-13(16)14(17)8-10)11-4-2-3-5-12(11)15(18,19)20/h2-9,21H,1H3. The van der Waals surface area contributed by atoms with E-state index in [0.717, 1.165) is 6.07 Å². The van der Waals surface area contributed by atoms with Gasteiger partial charge in [-0.3, -0.25) is 0 Å². The van der Waals surface area contributed by atoms with E-state index in [1.165, 1.54) is 24.3 Å². The largest absolute Gasteiger partial charge is 0.416 e. The Morgan fingerprint density at radius 2 is 1.76 bits per heavy atom. The van der Waals surface area contributed by atoms with Crippen molar-refractivity contribution in [2.45, 2.75) is 19.1 Å². The van der Waals surface area contributed by atoms with Crippen LogP contribution in [-0.2, 0) is 6.18 Å². The van der Waals surface area contributed by atoms with Crippen LogP contribution in [-0.4, -0.2) is 0 Å². The molecule has 1 unspecified atom stereocenters. The Morgan fingerprint density at radius 1 is 1.10 bits per heavy atom. The monoisotopic (exact) mass is 361 g/mol. The van der Waals surface area contributed by atoms with E-state index in [0.29, 0.717) is 10.2 Å². The summed E-state index contributed by atoms with van der Waals surface area (Å²) in [6.45, 7) is 1.60. The Hall–Kier alpha value is -1.56. The second-order valence-electron chi connectivity index (χ2n) is 4.58. The highest BCUT2D eigenvalue weighted by Gasteiger charge is 2.34. The highest BCUT2D eigenvalue weighted by molar-refractivity contribution is 9.10. The maximum atomic E-state index is 13.4. The molecule has 0 radical (unpaired) electrons. The van der Waals surface area contributed by atoms with Crippen LogP contribution in [0.3, 0.4) is 0 Å². The van der Waals surface area contributed by atoms with Crippen molar-refractivity contribution >= 4 is 21.6 Å². The fourth-order valence-corrected chi connectivity index (χ4v) is 2.29. The van der Waals surface area contributed by atoms with E-state index in [2.05, 4.69) is 21.2 Å². The molecule has 0 saturated carbocycles. The van der Waals surface area contributed by atoms with E-state index in [-0.39, 0.29) is 5.56 Å². The van der Waals surface area contributed by atoms with E-state index in [9.17, 15) is 17.6 Å². The van der Waals surface area contributed by atoms with Gasteiger partial charge < -0.3 is 5.32 Å². The molecule has 6 heteroatoms. The molecule has 2 rings (SSSR count). The smallest absolute Gasteiger partial charge is 0.378 e. The highest BCUT2D eigenvalue weighted by Crippen LogP contribution is 2.35. The van der Waals surface area contributed by atoms with E-state index >= 15 is 0 Å². The summed E-state index contributed by atoms with van der Waals surface area (Å²) in [7, 11) is 0. The van der Waals surface area contributed by atoms with Gasteiger partial charge in [0, 0.05) is 11.7 Å². The first kappa shape index (κ1) is 15.8. The number of hydrogen-bond donors (Lipinski definition) is 1. The van der Waals surface area contributed by atoms with Crippen molar-refractivity contribution in [2.75, 3.05) is 5.32 Å². The molecule has 112 valence electrons. The van der Waals surface area contributed by atoms with E-state index in [1.807, 2.05) is 0 Å². The fraction of sp³-hybridized carbons (Fsp3) is 0.200. The molecule has 0 amide bonds. The molecule has 0 bridgehead atoms. The predicted molar refractivity (Wildman–Crippen MR) is 77.6 cm³/mol. The second kappa shape index (κ2) is 6.05. The number of anilines is 1. The SMILES string of the molecule is CC(Nc1ccc(Br)c(F)c1)c1ccccc1C(F)(F)F. The van der Waals surface area contributed by atoms with Gasteiger partial charge in [0.15, 0.2) is 0 Å². The van der Waals surface area contributed by atoms with Crippen LogP contribution < -0.4 is 5.32 Å². The van der Waals surface area contributed by atoms with Gasteiger partial charge in [-0.25, -0.2) is 4.39 Å². The van der Waals surface area contributed by atoms with Crippen LogP contribution in [0.5, 0.6) is 0 Å². The molecule has 2 aromatic rings. The lowest BCUT2D eigenvalue weighted by Crippen LogP contribution is -2.15. The van der Waals surface area contributed by atoms with E-state index in [1.54, 1.807) is 19.1 Å². The van der Waals surface area contributed by atoms with Crippen molar-refractivity contribution in [3.63, 3.8) is 0 Å². The minimum absolute atomic E-state index is 0.119. The summed E-state index contributed by atoms with van der Waals surface area (Å²) in [5, 5.41) is 2.88. The minimum Gasteiger partial charge on any atom is -0.378 e. The summed E-state index contributed by atoms with van der Waals surface area (Å²) >= 11 is 3.03. The Kier molecular flexibility index (Phi) is 4.56. The summed E-state index contributed by atoms with van der Waals surface area (Å²) in [4.78, 5) is 0. The average molecular weight is 362 g/mol. The van der Waals surface area contributed by atoms with Gasteiger partial charge in [0.05, 0.1) is 10.0 Å². The third-order valence-electron chi connectivity index (χ3n) is 3.04. The third kappa shape index (κ3) is 3.75. The van der Waals surface area contributed by atoms with Gasteiger partial charge in [-0.15, -0.1) is 0 Å². The molecule has 0 aromatic heterocycles. The molecule has 0 spiro atoms. The molecule has 0 aliphatic heterocycles. The van der Waals surface area contributed by atoms with Crippen LogP contribution >= 0.6 is 15.9 Å². The first-order valence-corrected chi connectivity index (χ1v) is 6.96. The van der Waals surface area contributed by atoms with Gasteiger partial charge in [0.25, 0.3) is 0 Å². The average Bonchev–Trinajstić information content (AvgIpc) is 2.42. The second-order valence-corrected chi connectivity index (χ2v) is 5.43. The zero-order chi connectivity index (χ0) is 15.6. The van der Waals surface area contributed by atoms with Gasteiger partial charge >= 0.3 is 6.18 Å². The first-order valence-electron chi connectivity index (χ1n) is 6.16. The summed E-state index contributed by atoms with van der Waals surface area (Å²) in [6.07, 6.45) is -4.42. The summed E-state index contributed by atoms with van der Waals surface area (Å²) in [5.74, 6) is -0.476. The molecule has 1 N–H and O–H groups in total. The number of hydrogen-bond acceptors (Lipinski definition) is 1. The Bertz CT molecular complexity index is 640. The van der Waals surface area contributed by atoms with Gasteiger partial charge in [0.2, 0.25) is 0 Å².